The molecule has 1 amide bonds. The van der Waals surface area contributed by atoms with Crippen LogP contribution in [0, 0.1) is 0 Å². The summed E-state index contributed by atoms with van der Waals surface area (Å²) in [7, 11) is 0. The molecule has 0 saturated carbocycles. The van der Waals surface area contributed by atoms with E-state index in [-0.39, 0.29) is 23.9 Å². The van der Waals surface area contributed by atoms with E-state index in [0.717, 1.165) is 11.3 Å². The van der Waals surface area contributed by atoms with E-state index in [4.69, 9.17) is 0 Å². The van der Waals surface area contributed by atoms with Gasteiger partial charge < -0.3 is 15.4 Å². The van der Waals surface area contributed by atoms with Crippen LogP contribution < -0.4 is 15.4 Å². The van der Waals surface area contributed by atoms with E-state index in [1.165, 1.54) is 12.1 Å². The molecule has 2 N–H and O–H groups in total. The largest absolute Gasteiger partial charge is 0.433 e. The zero-order chi connectivity index (χ0) is 17.5. The Morgan fingerprint density at radius 3 is 2.33 bits per heavy atom. The maximum atomic E-state index is 12.4. The first-order valence-electron chi connectivity index (χ1n) is 7.64. The minimum absolute atomic E-state index is 0.0206. The third-order valence-corrected chi connectivity index (χ3v) is 3.40. The van der Waals surface area contributed by atoms with Crippen LogP contribution in [-0.4, -0.2) is 19.1 Å². The Morgan fingerprint density at radius 1 is 1.04 bits per heavy atom. The number of carbonyl (C=O) groups excluding carboxylic acids is 1. The molecule has 0 radical (unpaired) electrons. The Morgan fingerprint density at radius 2 is 1.67 bits per heavy atom. The molecular weight excluding hydrogens is 314 g/mol. The molecule has 24 heavy (non-hydrogen) atoms. The Balaban J connectivity index is 2.00. The lowest BCUT2D eigenvalue weighted by atomic mass is 10.0. The van der Waals surface area contributed by atoms with E-state index in [0.29, 0.717) is 5.92 Å². The number of para-hydroxylation sites is 3. The van der Waals surface area contributed by atoms with Crippen molar-refractivity contribution in [2.45, 2.75) is 26.4 Å². The topological polar surface area (TPSA) is 50.4 Å². The second-order valence-corrected chi connectivity index (χ2v) is 5.52. The summed E-state index contributed by atoms with van der Waals surface area (Å²) >= 11 is 0. The lowest BCUT2D eigenvalue weighted by Crippen LogP contribution is -2.22. The predicted molar refractivity (Wildman–Crippen MR) is 90.7 cm³/mol. The number of benzene rings is 2. The zero-order valence-electron chi connectivity index (χ0n) is 13.6. The average Bonchev–Trinajstić information content (AvgIpc) is 2.54. The van der Waals surface area contributed by atoms with Crippen molar-refractivity contribution in [1.82, 2.24) is 0 Å². The summed E-state index contributed by atoms with van der Waals surface area (Å²) in [5.41, 5.74) is 2.19. The normalized spacial score (nSPS) is 10.8. The molecular formula is C18H20F2N2O2. The number of rotatable bonds is 7. The average molecular weight is 334 g/mol. The van der Waals surface area contributed by atoms with Crippen LogP contribution in [0.3, 0.4) is 0 Å². The van der Waals surface area contributed by atoms with Gasteiger partial charge in [0.1, 0.15) is 5.75 Å². The second-order valence-electron chi connectivity index (χ2n) is 5.52. The van der Waals surface area contributed by atoms with Crippen LogP contribution in [0.15, 0.2) is 48.5 Å². The van der Waals surface area contributed by atoms with Gasteiger partial charge in [0.2, 0.25) is 5.91 Å². The van der Waals surface area contributed by atoms with Crippen LogP contribution in [0.5, 0.6) is 5.75 Å². The summed E-state index contributed by atoms with van der Waals surface area (Å²) in [4.78, 5) is 12.1. The van der Waals surface area contributed by atoms with Gasteiger partial charge in [0.15, 0.2) is 0 Å². The number of nitrogens with one attached hydrogen (secondary N) is 2. The molecule has 6 heteroatoms. The van der Waals surface area contributed by atoms with Crippen LogP contribution in [0.2, 0.25) is 0 Å². The summed E-state index contributed by atoms with van der Waals surface area (Å²) in [5.74, 6) is -0.0979. The Labute approximate surface area is 139 Å². The molecule has 0 spiro atoms. The van der Waals surface area contributed by atoms with Crippen LogP contribution in [-0.2, 0) is 4.79 Å². The molecule has 2 rings (SSSR count). The summed E-state index contributed by atoms with van der Waals surface area (Å²) < 4.78 is 29.2. The lowest BCUT2D eigenvalue weighted by Gasteiger charge is -2.15. The third kappa shape index (κ3) is 4.94. The molecule has 0 aliphatic rings. The van der Waals surface area contributed by atoms with Crippen molar-refractivity contribution in [1.29, 1.82) is 0 Å². The molecule has 2 aromatic carbocycles. The molecule has 0 aromatic heterocycles. The number of anilines is 2. The quantitative estimate of drug-likeness (QED) is 0.786. The van der Waals surface area contributed by atoms with Gasteiger partial charge in [-0.25, -0.2) is 0 Å². The molecule has 4 nitrogen and oxygen atoms in total. The molecule has 0 fully saturated rings. The smallest absolute Gasteiger partial charge is 0.387 e. The number of halogens is 2. The summed E-state index contributed by atoms with van der Waals surface area (Å²) in [5, 5.41) is 5.65. The van der Waals surface area contributed by atoms with Crippen molar-refractivity contribution in [3.63, 3.8) is 0 Å². The van der Waals surface area contributed by atoms with Crippen LogP contribution in [0.4, 0.5) is 20.2 Å². The first-order valence-corrected chi connectivity index (χ1v) is 7.64. The minimum atomic E-state index is -2.95. The fourth-order valence-electron chi connectivity index (χ4n) is 2.30. The number of ether oxygens (including phenoxy) is 1. The first kappa shape index (κ1) is 17.7. The Kier molecular flexibility index (Phi) is 6.12. The molecule has 0 unspecified atom stereocenters. The fourth-order valence-corrected chi connectivity index (χ4v) is 2.30. The van der Waals surface area contributed by atoms with E-state index in [9.17, 15) is 13.6 Å². The van der Waals surface area contributed by atoms with Crippen molar-refractivity contribution < 1.29 is 18.3 Å². The molecule has 0 saturated heterocycles. The van der Waals surface area contributed by atoms with Crippen molar-refractivity contribution >= 4 is 17.3 Å². The van der Waals surface area contributed by atoms with E-state index >= 15 is 0 Å². The van der Waals surface area contributed by atoms with Crippen molar-refractivity contribution in [3.05, 3.63) is 54.1 Å². The fraction of sp³-hybridized carbons (Fsp3) is 0.278. The maximum absolute atomic E-state index is 12.4. The van der Waals surface area contributed by atoms with E-state index in [2.05, 4.69) is 29.2 Å². The van der Waals surface area contributed by atoms with Crippen molar-refractivity contribution in [2.75, 3.05) is 17.2 Å². The highest BCUT2D eigenvalue weighted by atomic mass is 19.3. The molecule has 0 aliphatic heterocycles. The summed E-state index contributed by atoms with van der Waals surface area (Å²) in [6.07, 6.45) is 0. The van der Waals surface area contributed by atoms with Gasteiger partial charge in [0, 0.05) is 5.69 Å². The minimum Gasteiger partial charge on any atom is -0.433 e. The van der Waals surface area contributed by atoms with Gasteiger partial charge >= 0.3 is 6.61 Å². The monoisotopic (exact) mass is 334 g/mol. The highest BCUT2D eigenvalue weighted by molar-refractivity contribution is 5.95. The first-order chi connectivity index (χ1) is 11.5. The second kappa shape index (κ2) is 8.29. The molecule has 0 heterocycles. The molecule has 2 aromatic rings. The third-order valence-electron chi connectivity index (χ3n) is 3.40. The van der Waals surface area contributed by atoms with Crippen molar-refractivity contribution in [2.24, 2.45) is 0 Å². The summed E-state index contributed by atoms with van der Waals surface area (Å²) in [6.45, 7) is 1.21. The van der Waals surface area contributed by atoms with Gasteiger partial charge in [0.25, 0.3) is 0 Å². The SMILES string of the molecule is CC(C)c1ccccc1NCC(=O)Nc1ccccc1OC(F)F. The lowest BCUT2D eigenvalue weighted by molar-refractivity contribution is -0.114. The Hall–Kier alpha value is -2.63. The summed E-state index contributed by atoms with van der Waals surface area (Å²) in [6, 6.07) is 13.8. The van der Waals surface area contributed by atoms with Gasteiger partial charge in [0.05, 0.1) is 12.2 Å². The van der Waals surface area contributed by atoms with Crippen molar-refractivity contribution in [3.8, 4) is 5.75 Å². The number of alkyl halides is 2. The van der Waals surface area contributed by atoms with Crippen LogP contribution in [0.1, 0.15) is 25.3 Å². The number of hydrogen-bond acceptors (Lipinski definition) is 3. The van der Waals surface area contributed by atoms with Gasteiger partial charge in [-0.2, -0.15) is 8.78 Å². The Bertz CT molecular complexity index is 690. The predicted octanol–water partition coefficient (Wildman–Crippen LogP) is 4.46. The molecule has 0 bridgehead atoms. The van der Waals surface area contributed by atoms with Gasteiger partial charge in [-0.1, -0.05) is 44.2 Å². The van der Waals surface area contributed by atoms with Gasteiger partial charge in [-0.3, -0.25) is 4.79 Å². The van der Waals surface area contributed by atoms with E-state index < -0.39 is 6.61 Å². The van der Waals surface area contributed by atoms with Gasteiger partial charge in [-0.15, -0.1) is 0 Å². The highest BCUT2D eigenvalue weighted by Gasteiger charge is 2.12. The number of amides is 1. The standard InChI is InChI=1S/C18H20F2N2O2/c1-12(2)13-7-3-4-8-14(13)21-11-17(23)22-15-9-5-6-10-16(15)24-18(19)20/h3-10,12,18,21H,11H2,1-2H3,(H,22,23). The maximum Gasteiger partial charge on any atom is 0.387 e. The molecule has 0 aliphatic carbocycles. The van der Waals surface area contributed by atoms with Gasteiger partial charge in [-0.05, 0) is 29.7 Å². The van der Waals surface area contributed by atoms with Crippen LogP contribution >= 0.6 is 0 Å². The van der Waals surface area contributed by atoms with Crippen LogP contribution in [0.25, 0.3) is 0 Å². The number of carbonyl (C=O) groups is 1. The highest BCUT2D eigenvalue weighted by Crippen LogP contribution is 2.26. The van der Waals surface area contributed by atoms with E-state index in [1.54, 1.807) is 12.1 Å². The van der Waals surface area contributed by atoms with E-state index in [1.807, 2.05) is 24.3 Å². The zero-order valence-corrected chi connectivity index (χ0v) is 13.6. The molecule has 0 atom stereocenters. The molecule has 128 valence electrons. The number of hydrogen-bond donors (Lipinski definition) is 2.